The number of hydrogen-bond acceptors (Lipinski definition) is 4. The highest BCUT2D eigenvalue weighted by molar-refractivity contribution is 6.30. The maximum atomic E-state index is 5.95. The highest BCUT2D eigenvalue weighted by Gasteiger charge is 2.25. The van der Waals surface area contributed by atoms with Crippen LogP contribution in [-0.2, 0) is 6.54 Å². The second kappa shape index (κ2) is 7.99. The van der Waals surface area contributed by atoms with Gasteiger partial charge in [0.1, 0.15) is 11.6 Å². The second-order valence-corrected chi connectivity index (χ2v) is 7.19. The van der Waals surface area contributed by atoms with Gasteiger partial charge >= 0.3 is 0 Å². The number of rotatable bonds is 6. The number of aromatic nitrogens is 3. The van der Waals surface area contributed by atoms with E-state index in [2.05, 4.69) is 44.6 Å². The molecule has 0 bridgehead atoms. The highest BCUT2D eigenvalue weighted by atomic mass is 35.5. The Morgan fingerprint density at radius 3 is 2.92 bits per heavy atom. The Kier molecular flexibility index (Phi) is 5.74. The van der Waals surface area contributed by atoms with Gasteiger partial charge in [-0.15, -0.1) is 0 Å². The number of pyridine rings is 1. The van der Waals surface area contributed by atoms with Crippen molar-refractivity contribution in [2.45, 2.75) is 31.7 Å². The quantitative estimate of drug-likeness (QED) is 0.803. The summed E-state index contributed by atoms with van der Waals surface area (Å²) in [6, 6.07) is 3.92. The van der Waals surface area contributed by atoms with Gasteiger partial charge < -0.3 is 14.4 Å². The lowest BCUT2D eigenvalue weighted by molar-refractivity contribution is 0.380. The van der Waals surface area contributed by atoms with E-state index in [4.69, 9.17) is 11.6 Å². The number of halogens is 1. The van der Waals surface area contributed by atoms with Crippen LogP contribution in [0.25, 0.3) is 0 Å². The summed E-state index contributed by atoms with van der Waals surface area (Å²) in [5, 5.41) is 0.684. The van der Waals surface area contributed by atoms with Crippen molar-refractivity contribution in [1.29, 1.82) is 0 Å². The fourth-order valence-electron chi connectivity index (χ4n) is 3.38. The minimum absolute atomic E-state index is 0.464. The molecule has 0 unspecified atom stereocenters. The molecule has 2 aromatic heterocycles. The van der Waals surface area contributed by atoms with E-state index in [1.807, 2.05) is 18.3 Å². The molecule has 1 atom stereocenters. The maximum absolute atomic E-state index is 5.95. The van der Waals surface area contributed by atoms with Gasteiger partial charge in [0, 0.05) is 44.1 Å². The van der Waals surface area contributed by atoms with E-state index in [-0.39, 0.29) is 0 Å². The Balaban J connectivity index is 1.66. The molecule has 1 aliphatic heterocycles. The molecule has 24 heavy (non-hydrogen) atoms. The van der Waals surface area contributed by atoms with Gasteiger partial charge in [-0.1, -0.05) is 11.6 Å². The molecular formula is C18H26ClN5. The van der Waals surface area contributed by atoms with Crippen LogP contribution in [0.2, 0.25) is 5.02 Å². The van der Waals surface area contributed by atoms with E-state index in [1.54, 1.807) is 6.20 Å². The van der Waals surface area contributed by atoms with Crippen LogP contribution < -0.4 is 4.90 Å². The van der Waals surface area contributed by atoms with Crippen molar-refractivity contribution in [3.8, 4) is 0 Å². The first-order chi connectivity index (χ1) is 11.6. The van der Waals surface area contributed by atoms with Gasteiger partial charge in [-0.05, 0) is 52.0 Å². The molecule has 3 rings (SSSR count). The average Bonchev–Trinajstić information content (AvgIpc) is 3.04. The van der Waals surface area contributed by atoms with Crippen molar-refractivity contribution in [1.82, 2.24) is 19.4 Å². The van der Waals surface area contributed by atoms with Gasteiger partial charge in [0.2, 0.25) is 0 Å². The van der Waals surface area contributed by atoms with Crippen LogP contribution >= 0.6 is 11.6 Å². The van der Waals surface area contributed by atoms with Crippen LogP contribution in [0.5, 0.6) is 0 Å². The standard InChI is InChI=1S/C18H26ClN5/c1-22(2)9-4-11-23-12-8-20-18(23)15-5-3-10-24(14-15)17-7-6-16(19)13-21-17/h6-8,12-13,15H,3-5,9-11,14H2,1-2H3/t15-/m0/s1. The smallest absolute Gasteiger partial charge is 0.128 e. The van der Waals surface area contributed by atoms with Crippen LogP contribution in [0.1, 0.15) is 31.0 Å². The van der Waals surface area contributed by atoms with Crippen LogP contribution in [0.4, 0.5) is 5.82 Å². The number of piperidine rings is 1. The molecule has 5 nitrogen and oxygen atoms in total. The van der Waals surface area contributed by atoms with Gasteiger partial charge in [-0.2, -0.15) is 0 Å². The molecule has 2 aromatic rings. The summed E-state index contributed by atoms with van der Waals surface area (Å²) >= 11 is 5.95. The number of hydrogen-bond donors (Lipinski definition) is 0. The average molecular weight is 348 g/mol. The van der Waals surface area contributed by atoms with Gasteiger partial charge in [0.05, 0.1) is 5.02 Å². The van der Waals surface area contributed by atoms with E-state index in [9.17, 15) is 0 Å². The Hall–Kier alpha value is -1.59. The monoisotopic (exact) mass is 347 g/mol. The largest absolute Gasteiger partial charge is 0.356 e. The second-order valence-electron chi connectivity index (χ2n) is 6.76. The molecule has 0 aromatic carbocycles. The van der Waals surface area contributed by atoms with Crippen molar-refractivity contribution < 1.29 is 0 Å². The van der Waals surface area contributed by atoms with Gasteiger partial charge in [-0.3, -0.25) is 0 Å². The lowest BCUT2D eigenvalue weighted by Crippen LogP contribution is -2.36. The molecule has 1 saturated heterocycles. The fraction of sp³-hybridized carbons (Fsp3) is 0.556. The van der Waals surface area contributed by atoms with E-state index in [0.29, 0.717) is 10.9 Å². The molecule has 0 amide bonds. The van der Waals surface area contributed by atoms with Gasteiger partial charge in [0.15, 0.2) is 0 Å². The Bertz CT molecular complexity index is 637. The van der Waals surface area contributed by atoms with Crippen LogP contribution in [0.15, 0.2) is 30.7 Å². The molecule has 130 valence electrons. The summed E-state index contributed by atoms with van der Waals surface area (Å²) in [6.07, 6.45) is 9.28. The SMILES string of the molecule is CN(C)CCCn1ccnc1[C@H]1CCCN(c2ccc(Cl)cn2)C1. The third-order valence-electron chi connectivity index (χ3n) is 4.57. The number of anilines is 1. The molecule has 0 N–H and O–H groups in total. The van der Waals surface area contributed by atoms with E-state index in [0.717, 1.165) is 38.4 Å². The lowest BCUT2D eigenvalue weighted by Gasteiger charge is -2.33. The maximum Gasteiger partial charge on any atom is 0.128 e. The summed E-state index contributed by atoms with van der Waals surface area (Å²) in [4.78, 5) is 13.7. The third kappa shape index (κ3) is 4.28. The van der Waals surface area contributed by atoms with Crippen molar-refractivity contribution in [3.05, 3.63) is 41.6 Å². The Labute approximate surface area is 149 Å². The summed E-state index contributed by atoms with van der Waals surface area (Å²) in [7, 11) is 4.24. The predicted molar refractivity (Wildman–Crippen MR) is 98.8 cm³/mol. The molecule has 1 fully saturated rings. The van der Waals surface area contributed by atoms with Crippen LogP contribution in [-0.4, -0.2) is 53.2 Å². The summed E-state index contributed by atoms with van der Waals surface area (Å²) in [5.41, 5.74) is 0. The minimum Gasteiger partial charge on any atom is -0.356 e. The van der Waals surface area contributed by atoms with Crippen molar-refractivity contribution in [3.63, 3.8) is 0 Å². The lowest BCUT2D eigenvalue weighted by atomic mass is 9.97. The van der Waals surface area contributed by atoms with E-state index < -0.39 is 0 Å². The normalized spacial score (nSPS) is 18.3. The molecular weight excluding hydrogens is 322 g/mol. The number of aryl methyl sites for hydroxylation is 1. The van der Waals surface area contributed by atoms with E-state index in [1.165, 1.54) is 18.7 Å². The first-order valence-electron chi connectivity index (χ1n) is 8.66. The molecule has 3 heterocycles. The summed E-state index contributed by atoms with van der Waals surface area (Å²) in [6.45, 7) is 4.15. The fourth-order valence-corrected chi connectivity index (χ4v) is 3.49. The molecule has 0 radical (unpaired) electrons. The van der Waals surface area contributed by atoms with Crippen molar-refractivity contribution >= 4 is 17.4 Å². The minimum atomic E-state index is 0.464. The molecule has 0 saturated carbocycles. The molecule has 1 aliphatic rings. The summed E-state index contributed by atoms with van der Waals surface area (Å²) in [5.74, 6) is 2.69. The summed E-state index contributed by atoms with van der Waals surface area (Å²) < 4.78 is 2.33. The molecule has 0 aliphatic carbocycles. The Morgan fingerprint density at radius 1 is 1.29 bits per heavy atom. The zero-order valence-corrected chi connectivity index (χ0v) is 15.3. The molecule has 6 heteroatoms. The molecule has 0 spiro atoms. The van der Waals surface area contributed by atoms with Gasteiger partial charge in [0.25, 0.3) is 0 Å². The first-order valence-corrected chi connectivity index (χ1v) is 9.03. The Morgan fingerprint density at radius 2 is 2.17 bits per heavy atom. The third-order valence-corrected chi connectivity index (χ3v) is 4.80. The van der Waals surface area contributed by atoms with Gasteiger partial charge in [-0.25, -0.2) is 9.97 Å². The van der Waals surface area contributed by atoms with Crippen molar-refractivity contribution in [2.75, 3.05) is 38.6 Å². The van der Waals surface area contributed by atoms with Crippen LogP contribution in [0.3, 0.4) is 0 Å². The topological polar surface area (TPSA) is 37.2 Å². The number of imidazole rings is 1. The number of nitrogens with zero attached hydrogens (tertiary/aromatic N) is 5. The first kappa shape index (κ1) is 17.2. The van der Waals surface area contributed by atoms with E-state index >= 15 is 0 Å². The zero-order valence-electron chi connectivity index (χ0n) is 14.5. The zero-order chi connectivity index (χ0) is 16.9. The van der Waals surface area contributed by atoms with Crippen LogP contribution in [0, 0.1) is 0 Å². The highest BCUT2D eigenvalue weighted by Crippen LogP contribution is 2.28. The predicted octanol–water partition coefficient (Wildman–Crippen LogP) is 3.27. The van der Waals surface area contributed by atoms with Crippen molar-refractivity contribution in [2.24, 2.45) is 0 Å².